The lowest BCUT2D eigenvalue weighted by molar-refractivity contribution is 0.0596. The van der Waals surface area contributed by atoms with Gasteiger partial charge in [-0.15, -0.1) is 0 Å². The molecule has 0 aliphatic heterocycles. The second-order valence-electron chi connectivity index (χ2n) is 3.53. The Kier molecular flexibility index (Phi) is 4.80. The smallest absolute Gasteiger partial charge is 0.339 e. The minimum atomic E-state index is -3.92. The zero-order chi connectivity index (χ0) is 13.8. The van der Waals surface area contributed by atoms with Crippen LogP contribution in [-0.4, -0.2) is 28.0 Å². The van der Waals surface area contributed by atoms with Gasteiger partial charge in [-0.05, 0) is 24.6 Å². The molecule has 0 fully saturated rings. The van der Waals surface area contributed by atoms with Crippen LogP contribution in [0.25, 0.3) is 0 Å². The van der Waals surface area contributed by atoms with Gasteiger partial charge in [-0.25, -0.2) is 22.3 Å². The summed E-state index contributed by atoms with van der Waals surface area (Å²) in [6, 6.07) is 2.89. The molecule has 0 heterocycles. The Balaban J connectivity index is 3.29. The maximum atomic E-state index is 13.1. The third-order valence-corrected chi connectivity index (χ3v) is 3.68. The summed E-state index contributed by atoms with van der Waals surface area (Å²) in [7, 11) is -2.79. The molecule has 0 saturated carbocycles. The number of nitrogens with one attached hydrogen (secondary N) is 1. The number of rotatable bonds is 5. The highest BCUT2D eigenvalue weighted by Crippen LogP contribution is 2.18. The molecule has 0 bridgehead atoms. The van der Waals surface area contributed by atoms with Crippen molar-refractivity contribution in [2.45, 2.75) is 18.2 Å². The van der Waals surface area contributed by atoms with Crippen LogP contribution in [0.2, 0.25) is 0 Å². The molecule has 7 heteroatoms. The monoisotopic (exact) mass is 275 g/mol. The van der Waals surface area contributed by atoms with Crippen LogP contribution in [0.15, 0.2) is 23.1 Å². The Morgan fingerprint density at radius 1 is 1.44 bits per heavy atom. The van der Waals surface area contributed by atoms with Crippen LogP contribution < -0.4 is 4.72 Å². The van der Waals surface area contributed by atoms with Gasteiger partial charge in [0.2, 0.25) is 10.0 Å². The molecule has 1 N–H and O–H groups in total. The van der Waals surface area contributed by atoms with Crippen molar-refractivity contribution in [3.05, 3.63) is 29.6 Å². The van der Waals surface area contributed by atoms with E-state index in [0.717, 1.165) is 25.3 Å². The molecule has 0 aliphatic carbocycles. The van der Waals surface area contributed by atoms with Crippen LogP contribution in [0.1, 0.15) is 23.7 Å². The number of ether oxygens (including phenoxy) is 1. The molecule has 0 atom stereocenters. The van der Waals surface area contributed by atoms with Crippen LogP contribution in [0, 0.1) is 5.82 Å². The van der Waals surface area contributed by atoms with Gasteiger partial charge in [0.25, 0.3) is 0 Å². The molecule has 0 saturated heterocycles. The van der Waals surface area contributed by atoms with Crippen molar-refractivity contribution in [3.8, 4) is 0 Å². The molecule has 0 aromatic heterocycles. The first-order chi connectivity index (χ1) is 8.42. The van der Waals surface area contributed by atoms with Crippen molar-refractivity contribution in [2.75, 3.05) is 13.7 Å². The molecule has 0 radical (unpaired) electrons. The molecule has 0 unspecified atom stereocenters. The summed E-state index contributed by atoms with van der Waals surface area (Å²) in [5.74, 6) is -1.56. The Morgan fingerprint density at radius 3 is 2.67 bits per heavy atom. The summed E-state index contributed by atoms with van der Waals surface area (Å²) in [6.45, 7) is 1.99. The first kappa shape index (κ1) is 14.6. The highest BCUT2D eigenvalue weighted by Gasteiger charge is 2.23. The summed E-state index contributed by atoms with van der Waals surface area (Å²) in [6.07, 6.45) is 0.585. The largest absolute Gasteiger partial charge is 0.465 e. The number of sulfonamides is 1. The third kappa shape index (κ3) is 3.27. The van der Waals surface area contributed by atoms with Gasteiger partial charge in [0.05, 0.1) is 17.6 Å². The molecular weight excluding hydrogens is 261 g/mol. The molecule has 0 spiro atoms. The molecule has 18 heavy (non-hydrogen) atoms. The lowest BCUT2D eigenvalue weighted by Gasteiger charge is -2.09. The van der Waals surface area contributed by atoms with Crippen molar-refractivity contribution in [1.82, 2.24) is 4.72 Å². The van der Waals surface area contributed by atoms with E-state index in [4.69, 9.17) is 0 Å². The van der Waals surface area contributed by atoms with Gasteiger partial charge in [-0.1, -0.05) is 6.92 Å². The van der Waals surface area contributed by atoms with E-state index in [1.807, 2.05) is 0 Å². The molecule has 0 amide bonds. The number of halogens is 1. The SMILES string of the molecule is CCCNS(=O)(=O)c1cc(F)ccc1C(=O)OC. The number of carbonyl (C=O) groups excluding carboxylic acids is 1. The fourth-order valence-electron chi connectivity index (χ4n) is 1.31. The summed E-state index contributed by atoms with van der Waals surface area (Å²) >= 11 is 0. The number of hydrogen-bond donors (Lipinski definition) is 1. The summed E-state index contributed by atoms with van der Waals surface area (Å²) in [5.41, 5.74) is -0.192. The van der Waals surface area contributed by atoms with Crippen molar-refractivity contribution >= 4 is 16.0 Å². The summed E-state index contributed by atoms with van der Waals surface area (Å²) < 4.78 is 43.7. The topological polar surface area (TPSA) is 72.5 Å². The van der Waals surface area contributed by atoms with Crippen LogP contribution in [0.5, 0.6) is 0 Å². The number of methoxy groups -OCH3 is 1. The number of carbonyl (C=O) groups is 1. The van der Waals surface area contributed by atoms with Crippen molar-refractivity contribution in [2.24, 2.45) is 0 Å². The normalized spacial score (nSPS) is 11.3. The van der Waals surface area contributed by atoms with Crippen molar-refractivity contribution in [1.29, 1.82) is 0 Å². The highest BCUT2D eigenvalue weighted by molar-refractivity contribution is 7.89. The van der Waals surface area contributed by atoms with Crippen molar-refractivity contribution < 1.29 is 22.3 Å². The predicted octanol–water partition coefficient (Wildman–Crippen LogP) is 1.30. The molecule has 1 aromatic carbocycles. The van der Waals surface area contributed by atoms with Gasteiger partial charge in [0, 0.05) is 6.54 Å². The Labute approximate surface area is 105 Å². The van der Waals surface area contributed by atoms with E-state index in [2.05, 4.69) is 9.46 Å². The quantitative estimate of drug-likeness (QED) is 0.822. The van der Waals surface area contributed by atoms with Crippen LogP contribution in [0.3, 0.4) is 0 Å². The lowest BCUT2D eigenvalue weighted by Crippen LogP contribution is -2.26. The average Bonchev–Trinajstić information content (AvgIpc) is 2.35. The maximum Gasteiger partial charge on any atom is 0.339 e. The average molecular weight is 275 g/mol. The minimum absolute atomic E-state index is 0.192. The van der Waals surface area contributed by atoms with Gasteiger partial charge in [-0.2, -0.15) is 0 Å². The van der Waals surface area contributed by atoms with Crippen molar-refractivity contribution in [3.63, 3.8) is 0 Å². The third-order valence-electron chi connectivity index (χ3n) is 2.18. The Bertz CT molecular complexity index is 542. The van der Waals surface area contributed by atoms with Gasteiger partial charge in [0.1, 0.15) is 5.82 Å². The first-order valence-corrected chi connectivity index (χ1v) is 6.78. The zero-order valence-electron chi connectivity index (χ0n) is 10.1. The van der Waals surface area contributed by atoms with E-state index in [9.17, 15) is 17.6 Å². The molecule has 1 aromatic rings. The standard InChI is InChI=1S/C11H14FNO4S/c1-3-6-13-18(15,16)10-7-8(12)4-5-9(10)11(14)17-2/h4-5,7,13H,3,6H2,1-2H3. The Hall–Kier alpha value is -1.47. The lowest BCUT2D eigenvalue weighted by atomic mass is 10.2. The maximum absolute atomic E-state index is 13.1. The summed E-state index contributed by atoms with van der Waals surface area (Å²) in [5, 5.41) is 0. The second-order valence-corrected chi connectivity index (χ2v) is 5.27. The molecule has 100 valence electrons. The number of hydrogen-bond acceptors (Lipinski definition) is 4. The van der Waals surface area contributed by atoms with Gasteiger partial charge >= 0.3 is 5.97 Å². The molecular formula is C11H14FNO4S. The van der Waals surface area contributed by atoms with E-state index in [1.54, 1.807) is 6.92 Å². The number of esters is 1. The van der Waals surface area contributed by atoms with E-state index in [-0.39, 0.29) is 12.1 Å². The Morgan fingerprint density at radius 2 is 2.11 bits per heavy atom. The van der Waals surface area contributed by atoms with E-state index < -0.39 is 26.7 Å². The second kappa shape index (κ2) is 5.92. The van der Waals surface area contributed by atoms with Crippen LogP contribution in [-0.2, 0) is 14.8 Å². The van der Waals surface area contributed by atoms with Gasteiger partial charge in [-0.3, -0.25) is 0 Å². The summed E-state index contributed by atoms with van der Waals surface area (Å²) in [4.78, 5) is 11.0. The fraction of sp³-hybridized carbons (Fsp3) is 0.364. The van der Waals surface area contributed by atoms with Gasteiger partial charge < -0.3 is 4.74 Å². The van der Waals surface area contributed by atoms with E-state index in [1.165, 1.54) is 0 Å². The predicted molar refractivity (Wildman–Crippen MR) is 63.2 cm³/mol. The van der Waals surface area contributed by atoms with E-state index >= 15 is 0 Å². The fourth-order valence-corrected chi connectivity index (χ4v) is 2.65. The zero-order valence-corrected chi connectivity index (χ0v) is 10.9. The molecule has 5 nitrogen and oxygen atoms in total. The minimum Gasteiger partial charge on any atom is -0.465 e. The number of benzene rings is 1. The first-order valence-electron chi connectivity index (χ1n) is 5.30. The molecule has 0 aliphatic rings. The molecule has 1 rings (SSSR count). The van der Waals surface area contributed by atoms with Gasteiger partial charge in [0.15, 0.2) is 0 Å². The van der Waals surface area contributed by atoms with E-state index in [0.29, 0.717) is 6.42 Å². The highest BCUT2D eigenvalue weighted by atomic mass is 32.2. The van der Waals surface area contributed by atoms with Crippen LogP contribution >= 0.6 is 0 Å². The van der Waals surface area contributed by atoms with Crippen LogP contribution in [0.4, 0.5) is 4.39 Å².